The standard InChI is InChI=1S/C15H20N2O7/c1-7(19)16-9-5-3-2-4-8(9)14(22)17-11-13(21)12(20)10(6-18)24-15(11)23/h2-5,10-13,15,18,20-21,23H,6H2,1H3,(H,16,19)(H,17,22)/t10-,11-,12-,13-,15-/m1/s1. The number of aliphatic hydroxyl groups is 4. The minimum atomic E-state index is -1.61. The van der Waals surface area contributed by atoms with Crippen LogP contribution in [0.2, 0.25) is 0 Å². The van der Waals surface area contributed by atoms with Crippen LogP contribution in [0.1, 0.15) is 17.3 Å². The van der Waals surface area contributed by atoms with Gasteiger partial charge in [-0.2, -0.15) is 0 Å². The van der Waals surface area contributed by atoms with Crippen molar-refractivity contribution >= 4 is 17.5 Å². The first-order valence-electron chi connectivity index (χ1n) is 7.33. The predicted octanol–water partition coefficient (Wildman–Crippen LogP) is -1.83. The zero-order valence-corrected chi connectivity index (χ0v) is 12.9. The van der Waals surface area contributed by atoms with Crippen molar-refractivity contribution in [3.05, 3.63) is 29.8 Å². The van der Waals surface area contributed by atoms with E-state index in [1.54, 1.807) is 12.1 Å². The summed E-state index contributed by atoms with van der Waals surface area (Å²) < 4.78 is 4.97. The Labute approximate surface area is 137 Å². The summed E-state index contributed by atoms with van der Waals surface area (Å²) in [4.78, 5) is 23.6. The Bertz CT molecular complexity index is 609. The van der Waals surface area contributed by atoms with Crippen molar-refractivity contribution in [3.8, 4) is 0 Å². The molecule has 1 aromatic carbocycles. The zero-order chi connectivity index (χ0) is 17.9. The maximum Gasteiger partial charge on any atom is 0.253 e. The Balaban J connectivity index is 2.16. The number of rotatable bonds is 4. The normalized spacial score (nSPS) is 29.8. The highest BCUT2D eigenvalue weighted by molar-refractivity contribution is 6.03. The highest BCUT2D eigenvalue weighted by Gasteiger charge is 2.44. The van der Waals surface area contributed by atoms with Crippen LogP contribution in [0, 0.1) is 0 Å². The number of hydrogen-bond acceptors (Lipinski definition) is 7. The van der Waals surface area contributed by atoms with E-state index in [4.69, 9.17) is 9.84 Å². The maximum absolute atomic E-state index is 12.4. The summed E-state index contributed by atoms with van der Waals surface area (Å²) in [5.74, 6) is -1.04. The Morgan fingerprint density at radius 2 is 1.83 bits per heavy atom. The van der Waals surface area contributed by atoms with E-state index in [1.807, 2.05) is 0 Å². The molecule has 1 fully saturated rings. The first-order chi connectivity index (χ1) is 11.3. The van der Waals surface area contributed by atoms with Gasteiger partial charge in [-0.3, -0.25) is 9.59 Å². The first kappa shape index (κ1) is 18.3. The van der Waals surface area contributed by atoms with Gasteiger partial charge in [-0.1, -0.05) is 12.1 Å². The molecular formula is C15H20N2O7. The fourth-order valence-electron chi connectivity index (χ4n) is 2.46. The summed E-state index contributed by atoms with van der Waals surface area (Å²) in [7, 11) is 0. The average molecular weight is 340 g/mol. The van der Waals surface area contributed by atoms with Crippen LogP contribution in [-0.2, 0) is 9.53 Å². The van der Waals surface area contributed by atoms with Crippen molar-refractivity contribution < 1.29 is 34.8 Å². The molecule has 1 aliphatic heterocycles. The lowest BCUT2D eigenvalue weighted by atomic mass is 9.96. The summed E-state index contributed by atoms with van der Waals surface area (Å²) in [5.41, 5.74) is 0.378. The lowest BCUT2D eigenvalue weighted by molar-refractivity contribution is -0.252. The van der Waals surface area contributed by atoms with Crippen LogP contribution in [0.25, 0.3) is 0 Å². The van der Waals surface area contributed by atoms with Crippen LogP contribution in [0.3, 0.4) is 0 Å². The van der Waals surface area contributed by atoms with E-state index in [0.29, 0.717) is 0 Å². The molecule has 1 aliphatic rings. The molecule has 132 valence electrons. The molecule has 2 amide bonds. The van der Waals surface area contributed by atoms with Gasteiger partial charge in [0.2, 0.25) is 5.91 Å². The van der Waals surface area contributed by atoms with Crippen LogP contribution >= 0.6 is 0 Å². The highest BCUT2D eigenvalue weighted by Crippen LogP contribution is 2.21. The average Bonchev–Trinajstić information content (AvgIpc) is 2.54. The molecular weight excluding hydrogens is 320 g/mol. The monoisotopic (exact) mass is 340 g/mol. The first-order valence-corrected chi connectivity index (χ1v) is 7.33. The molecule has 2 rings (SSSR count). The molecule has 6 N–H and O–H groups in total. The van der Waals surface area contributed by atoms with Crippen LogP contribution in [0.5, 0.6) is 0 Å². The van der Waals surface area contributed by atoms with E-state index >= 15 is 0 Å². The molecule has 0 saturated carbocycles. The topological polar surface area (TPSA) is 148 Å². The third-order valence-electron chi connectivity index (χ3n) is 3.68. The predicted molar refractivity (Wildman–Crippen MR) is 82.0 cm³/mol. The van der Waals surface area contributed by atoms with E-state index in [2.05, 4.69) is 10.6 Å². The molecule has 0 spiro atoms. The number of carbonyl (C=O) groups is 2. The van der Waals surface area contributed by atoms with Crippen molar-refractivity contribution in [1.29, 1.82) is 0 Å². The van der Waals surface area contributed by atoms with E-state index in [0.717, 1.165) is 0 Å². The number of carbonyl (C=O) groups excluding carboxylic acids is 2. The Hall–Kier alpha value is -2.04. The number of para-hydroxylation sites is 1. The fraction of sp³-hybridized carbons (Fsp3) is 0.467. The Kier molecular flexibility index (Phi) is 5.86. The van der Waals surface area contributed by atoms with Crippen molar-refractivity contribution in [2.45, 2.75) is 37.6 Å². The zero-order valence-electron chi connectivity index (χ0n) is 12.9. The number of nitrogens with one attached hydrogen (secondary N) is 2. The minimum Gasteiger partial charge on any atom is -0.394 e. The van der Waals surface area contributed by atoms with Gasteiger partial charge in [0.15, 0.2) is 6.29 Å². The van der Waals surface area contributed by atoms with E-state index < -0.39 is 43.2 Å². The van der Waals surface area contributed by atoms with E-state index in [-0.39, 0.29) is 17.2 Å². The van der Waals surface area contributed by atoms with Crippen molar-refractivity contribution in [3.63, 3.8) is 0 Å². The van der Waals surface area contributed by atoms with E-state index in [9.17, 15) is 24.9 Å². The molecule has 1 aromatic rings. The fourth-order valence-corrected chi connectivity index (χ4v) is 2.46. The molecule has 0 bridgehead atoms. The molecule has 24 heavy (non-hydrogen) atoms. The summed E-state index contributed by atoms with van der Waals surface area (Å²) >= 11 is 0. The van der Waals surface area contributed by atoms with Gasteiger partial charge in [0, 0.05) is 6.92 Å². The van der Waals surface area contributed by atoms with Crippen LogP contribution < -0.4 is 10.6 Å². The minimum absolute atomic E-state index is 0.117. The summed E-state index contributed by atoms with van der Waals surface area (Å²) in [6.07, 6.45) is -5.79. The largest absolute Gasteiger partial charge is 0.394 e. The Morgan fingerprint density at radius 3 is 2.46 bits per heavy atom. The van der Waals surface area contributed by atoms with Gasteiger partial charge in [-0.25, -0.2) is 0 Å². The molecule has 1 saturated heterocycles. The van der Waals surface area contributed by atoms with Crippen LogP contribution in [0.4, 0.5) is 5.69 Å². The van der Waals surface area contributed by atoms with Crippen LogP contribution in [-0.4, -0.2) is 69.5 Å². The van der Waals surface area contributed by atoms with Gasteiger partial charge in [0.05, 0.1) is 17.9 Å². The molecule has 1 heterocycles. The van der Waals surface area contributed by atoms with Crippen LogP contribution in [0.15, 0.2) is 24.3 Å². The molecule has 9 nitrogen and oxygen atoms in total. The van der Waals surface area contributed by atoms with Crippen molar-refractivity contribution in [2.75, 3.05) is 11.9 Å². The second-order valence-electron chi connectivity index (χ2n) is 5.45. The quantitative estimate of drug-likeness (QED) is 0.378. The van der Waals surface area contributed by atoms with Gasteiger partial charge in [0.25, 0.3) is 5.91 Å². The highest BCUT2D eigenvalue weighted by atomic mass is 16.6. The van der Waals surface area contributed by atoms with Gasteiger partial charge in [0.1, 0.15) is 24.4 Å². The lowest BCUT2D eigenvalue weighted by Crippen LogP contribution is -2.64. The SMILES string of the molecule is CC(=O)Nc1ccccc1C(=O)N[C@@H]1[C@@H](O)[C@H](O)[C@@H](CO)O[C@H]1O. The molecule has 0 aliphatic carbocycles. The van der Waals surface area contributed by atoms with Gasteiger partial charge < -0.3 is 35.8 Å². The van der Waals surface area contributed by atoms with Crippen molar-refractivity contribution in [2.24, 2.45) is 0 Å². The molecule has 0 radical (unpaired) electrons. The number of ether oxygens (including phenoxy) is 1. The second-order valence-corrected chi connectivity index (χ2v) is 5.45. The van der Waals surface area contributed by atoms with Crippen molar-refractivity contribution in [1.82, 2.24) is 5.32 Å². The molecule has 5 atom stereocenters. The number of anilines is 1. The van der Waals surface area contributed by atoms with Gasteiger partial charge >= 0.3 is 0 Å². The Morgan fingerprint density at radius 1 is 1.17 bits per heavy atom. The third-order valence-corrected chi connectivity index (χ3v) is 3.68. The van der Waals surface area contributed by atoms with E-state index in [1.165, 1.54) is 19.1 Å². The number of hydrogen-bond donors (Lipinski definition) is 6. The third kappa shape index (κ3) is 3.89. The molecule has 0 aromatic heterocycles. The summed E-state index contributed by atoms with van der Waals surface area (Å²) in [6.45, 7) is 0.698. The summed E-state index contributed by atoms with van der Waals surface area (Å²) in [6, 6.07) is 4.89. The van der Waals surface area contributed by atoms with Gasteiger partial charge in [-0.05, 0) is 12.1 Å². The number of benzene rings is 1. The number of aliphatic hydroxyl groups excluding tert-OH is 4. The smallest absolute Gasteiger partial charge is 0.253 e. The van der Waals surface area contributed by atoms with Gasteiger partial charge in [-0.15, -0.1) is 0 Å². The second kappa shape index (κ2) is 7.69. The maximum atomic E-state index is 12.4. The molecule has 9 heteroatoms. The lowest BCUT2D eigenvalue weighted by Gasteiger charge is -2.40. The number of amides is 2. The summed E-state index contributed by atoms with van der Waals surface area (Å²) in [5, 5.41) is 43.6. The molecule has 0 unspecified atom stereocenters.